The van der Waals surface area contributed by atoms with Crippen molar-refractivity contribution in [2.24, 2.45) is 5.73 Å². The molecule has 0 aromatic carbocycles. The van der Waals surface area contributed by atoms with Crippen LogP contribution in [-0.4, -0.2) is 40.7 Å². The summed E-state index contributed by atoms with van der Waals surface area (Å²) in [4.78, 5) is 6.39. The lowest BCUT2D eigenvalue weighted by Gasteiger charge is -2.34. The summed E-state index contributed by atoms with van der Waals surface area (Å²) in [6.07, 6.45) is 5.34. The van der Waals surface area contributed by atoms with Crippen molar-refractivity contribution in [3.05, 3.63) is 30.1 Å². The smallest absolute Gasteiger partial charge is 0.0500 e. The van der Waals surface area contributed by atoms with E-state index in [2.05, 4.69) is 23.7 Å². The molecule has 0 saturated carbocycles. The van der Waals surface area contributed by atoms with Crippen molar-refractivity contribution in [2.75, 3.05) is 19.7 Å². The molecule has 0 saturated heterocycles. The second-order valence-electron chi connectivity index (χ2n) is 4.50. The highest BCUT2D eigenvalue weighted by Gasteiger charge is 2.24. The fraction of sp³-hybridized carbons (Fsp3) is 0.643. The number of likely N-dealkylation sites (N-methyl/N-ethyl adjacent to an activating group) is 1. The Morgan fingerprint density at radius 2 is 2.00 bits per heavy atom. The first kappa shape index (κ1) is 15.1. The van der Waals surface area contributed by atoms with Gasteiger partial charge in [0.25, 0.3) is 0 Å². The average molecular weight is 251 g/mol. The summed E-state index contributed by atoms with van der Waals surface area (Å²) in [6, 6.07) is 4.37. The lowest BCUT2D eigenvalue weighted by Crippen LogP contribution is -2.41. The number of hydrogen-bond donors (Lipinski definition) is 2. The molecule has 4 heteroatoms. The van der Waals surface area contributed by atoms with Gasteiger partial charge < -0.3 is 10.8 Å². The molecule has 18 heavy (non-hydrogen) atoms. The van der Waals surface area contributed by atoms with Crippen LogP contribution >= 0.6 is 0 Å². The van der Waals surface area contributed by atoms with E-state index in [4.69, 9.17) is 10.8 Å². The summed E-state index contributed by atoms with van der Waals surface area (Å²) < 4.78 is 0. The minimum atomic E-state index is 0.103. The molecule has 1 heterocycles. The fourth-order valence-electron chi connectivity index (χ4n) is 2.28. The minimum Gasteiger partial charge on any atom is -0.396 e. The number of aliphatic hydroxyl groups excluding tert-OH is 1. The van der Waals surface area contributed by atoms with E-state index in [0.29, 0.717) is 0 Å². The Morgan fingerprint density at radius 3 is 2.50 bits per heavy atom. The highest BCUT2D eigenvalue weighted by molar-refractivity contribution is 5.17. The first-order chi connectivity index (χ1) is 8.74. The summed E-state index contributed by atoms with van der Waals surface area (Å²) in [5, 5.41) is 8.99. The van der Waals surface area contributed by atoms with Crippen molar-refractivity contribution in [2.45, 2.75) is 38.8 Å². The number of aromatic nitrogens is 1. The molecular weight excluding hydrogens is 226 g/mol. The minimum absolute atomic E-state index is 0.103. The van der Waals surface area contributed by atoms with Gasteiger partial charge in [0.05, 0.1) is 0 Å². The van der Waals surface area contributed by atoms with E-state index in [1.54, 1.807) is 0 Å². The normalized spacial score (nSPS) is 14.7. The van der Waals surface area contributed by atoms with Gasteiger partial charge in [0.15, 0.2) is 0 Å². The first-order valence-corrected chi connectivity index (χ1v) is 6.75. The first-order valence-electron chi connectivity index (χ1n) is 6.75. The Bertz CT molecular complexity index is 318. The highest BCUT2D eigenvalue weighted by atomic mass is 16.3. The van der Waals surface area contributed by atoms with Crippen LogP contribution in [0.5, 0.6) is 0 Å². The predicted molar refractivity (Wildman–Crippen MR) is 74.2 cm³/mol. The Labute approximate surface area is 110 Å². The van der Waals surface area contributed by atoms with E-state index >= 15 is 0 Å². The third kappa shape index (κ3) is 4.05. The SMILES string of the molecule is CCC(N)C(c1ccncc1)N(CC)CCCO. The van der Waals surface area contributed by atoms with E-state index in [0.717, 1.165) is 25.9 Å². The van der Waals surface area contributed by atoms with E-state index < -0.39 is 0 Å². The Kier molecular flexibility index (Phi) is 6.86. The van der Waals surface area contributed by atoms with Crippen LogP contribution in [0.15, 0.2) is 24.5 Å². The maximum absolute atomic E-state index is 8.99. The summed E-state index contributed by atoms with van der Waals surface area (Å²) in [7, 11) is 0. The standard InChI is InChI=1S/C14H25N3O/c1-3-13(15)14(12-6-8-16-9-7-12)17(4-2)10-5-11-18/h6-9,13-14,18H,3-5,10-11,15H2,1-2H3. The lowest BCUT2D eigenvalue weighted by atomic mass is 9.97. The molecule has 1 aromatic heterocycles. The molecule has 102 valence electrons. The third-order valence-electron chi connectivity index (χ3n) is 3.33. The van der Waals surface area contributed by atoms with Gasteiger partial charge in [0.2, 0.25) is 0 Å². The highest BCUT2D eigenvalue weighted by Crippen LogP contribution is 2.24. The number of hydrogen-bond acceptors (Lipinski definition) is 4. The zero-order valence-corrected chi connectivity index (χ0v) is 11.4. The number of nitrogens with zero attached hydrogens (tertiary/aromatic N) is 2. The Hall–Kier alpha value is -0.970. The molecule has 0 spiro atoms. The van der Waals surface area contributed by atoms with E-state index in [9.17, 15) is 0 Å². The van der Waals surface area contributed by atoms with Crippen LogP contribution in [0.25, 0.3) is 0 Å². The van der Waals surface area contributed by atoms with Gasteiger partial charge in [-0.1, -0.05) is 13.8 Å². The Balaban J connectivity index is 2.89. The average Bonchev–Trinajstić information content (AvgIpc) is 2.43. The summed E-state index contributed by atoms with van der Waals surface area (Å²) in [5.74, 6) is 0. The number of rotatable bonds is 8. The van der Waals surface area contributed by atoms with E-state index in [1.807, 2.05) is 24.5 Å². The van der Waals surface area contributed by atoms with Crippen molar-refractivity contribution in [3.8, 4) is 0 Å². The molecule has 0 bridgehead atoms. The molecule has 1 rings (SSSR count). The second-order valence-corrected chi connectivity index (χ2v) is 4.50. The van der Waals surface area contributed by atoms with Crippen molar-refractivity contribution in [1.82, 2.24) is 9.88 Å². The molecule has 0 radical (unpaired) electrons. The largest absolute Gasteiger partial charge is 0.396 e. The maximum Gasteiger partial charge on any atom is 0.0500 e. The zero-order valence-electron chi connectivity index (χ0n) is 11.4. The monoisotopic (exact) mass is 251 g/mol. The molecular formula is C14H25N3O. The number of pyridine rings is 1. The van der Waals surface area contributed by atoms with Crippen LogP contribution in [0.4, 0.5) is 0 Å². The summed E-state index contributed by atoms with van der Waals surface area (Å²) >= 11 is 0. The fourth-order valence-corrected chi connectivity index (χ4v) is 2.28. The van der Waals surface area contributed by atoms with Crippen LogP contribution in [0.2, 0.25) is 0 Å². The number of aliphatic hydroxyl groups is 1. The van der Waals surface area contributed by atoms with Crippen LogP contribution in [0.3, 0.4) is 0 Å². The second kappa shape index (κ2) is 8.19. The predicted octanol–water partition coefficient (Wildman–Crippen LogP) is 1.56. The quantitative estimate of drug-likeness (QED) is 0.736. The molecule has 1 aromatic rings. The van der Waals surface area contributed by atoms with E-state index in [1.165, 1.54) is 5.56 Å². The number of nitrogens with two attached hydrogens (primary N) is 1. The maximum atomic E-state index is 8.99. The van der Waals surface area contributed by atoms with Crippen molar-refractivity contribution in [3.63, 3.8) is 0 Å². The molecule has 0 fully saturated rings. The lowest BCUT2D eigenvalue weighted by molar-refractivity contribution is 0.159. The van der Waals surface area contributed by atoms with Gasteiger partial charge >= 0.3 is 0 Å². The molecule has 0 aliphatic carbocycles. The van der Waals surface area contributed by atoms with Crippen LogP contribution in [0, 0.1) is 0 Å². The van der Waals surface area contributed by atoms with E-state index in [-0.39, 0.29) is 18.7 Å². The molecule has 0 amide bonds. The third-order valence-corrected chi connectivity index (χ3v) is 3.33. The molecule has 2 unspecified atom stereocenters. The van der Waals surface area contributed by atoms with Crippen LogP contribution < -0.4 is 5.73 Å². The Morgan fingerprint density at radius 1 is 1.33 bits per heavy atom. The zero-order chi connectivity index (χ0) is 13.4. The topological polar surface area (TPSA) is 62.4 Å². The van der Waals surface area contributed by atoms with Gasteiger partial charge in [-0.05, 0) is 37.1 Å². The van der Waals surface area contributed by atoms with Gasteiger partial charge in [0, 0.05) is 37.6 Å². The van der Waals surface area contributed by atoms with Gasteiger partial charge in [-0.2, -0.15) is 0 Å². The molecule has 0 aliphatic rings. The van der Waals surface area contributed by atoms with Crippen molar-refractivity contribution < 1.29 is 5.11 Å². The van der Waals surface area contributed by atoms with Gasteiger partial charge in [-0.15, -0.1) is 0 Å². The van der Waals surface area contributed by atoms with Crippen LogP contribution in [-0.2, 0) is 0 Å². The molecule has 4 nitrogen and oxygen atoms in total. The van der Waals surface area contributed by atoms with Gasteiger partial charge in [-0.3, -0.25) is 9.88 Å². The van der Waals surface area contributed by atoms with Crippen LogP contribution in [0.1, 0.15) is 38.3 Å². The van der Waals surface area contributed by atoms with Crippen molar-refractivity contribution in [1.29, 1.82) is 0 Å². The summed E-state index contributed by atoms with van der Waals surface area (Å²) in [5.41, 5.74) is 7.48. The van der Waals surface area contributed by atoms with Gasteiger partial charge in [-0.25, -0.2) is 0 Å². The van der Waals surface area contributed by atoms with Crippen molar-refractivity contribution >= 4 is 0 Å². The molecule has 0 aliphatic heterocycles. The molecule has 3 N–H and O–H groups in total. The van der Waals surface area contributed by atoms with Gasteiger partial charge in [0.1, 0.15) is 0 Å². The molecule has 2 atom stereocenters. The summed E-state index contributed by atoms with van der Waals surface area (Å²) in [6.45, 7) is 6.27.